The van der Waals surface area contributed by atoms with E-state index in [0.717, 1.165) is 29.5 Å². The maximum Gasteiger partial charge on any atom is 0.430 e. The molecule has 1 aromatic heterocycles. The molecule has 0 radical (unpaired) electrons. The van der Waals surface area contributed by atoms with Crippen LogP contribution in [0.25, 0.3) is 10.9 Å². The first kappa shape index (κ1) is 46.9. The van der Waals surface area contributed by atoms with Gasteiger partial charge in [-0.15, -0.1) is 0 Å². The number of ether oxygens (including phenoxy) is 1. The largest absolute Gasteiger partial charge is 0.542 e. The molecule has 2 aromatic carbocycles. The number of amides is 2. The van der Waals surface area contributed by atoms with Crippen molar-refractivity contribution in [2.75, 3.05) is 53.9 Å². The van der Waals surface area contributed by atoms with Gasteiger partial charge in [-0.2, -0.15) is 17.9 Å². The topological polar surface area (TPSA) is 175 Å². The van der Waals surface area contributed by atoms with Crippen LogP contribution in [-0.2, 0) is 31.0 Å². The number of nitrogens with zero attached hydrogens (tertiary/aromatic N) is 4. The molecule has 3 aromatic rings. The third-order valence-corrected chi connectivity index (χ3v) is 13.0. The Bertz CT molecular complexity index is 2090. The number of aryl methyl sites for hydroxylation is 2. The number of alkyl halides is 3. The van der Waals surface area contributed by atoms with Gasteiger partial charge in [0.05, 0.1) is 38.6 Å². The number of quaternary nitrogens is 1. The summed E-state index contributed by atoms with van der Waals surface area (Å²) < 4.78 is 69.3. The number of carbonyl (C=O) groups is 3. The number of para-hydroxylation sites is 1. The van der Waals surface area contributed by atoms with Gasteiger partial charge in [-0.3, -0.25) is 9.59 Å². The molecule has 0 bridgehead atoms. The molecular weight excluding hydrogens is 824 g/mol. The van der Waals surface area contributed by atoms with Crippen molar-refractivity contribution in [3.8, 4) is 5.75 Å². The molecule has 5 rings (SSSR count). The summed E-state index contributed by atoms with van der Waals surface area (Å²) >= 11 is 13.3. The van der Waals surface area contributed by atoms with E-state index < -0.39 is 27.7 Å². The second kappa shape index (κ2) is 19.1. The van der Waals surface area contributed by atoms with Crippen molar-refractivity contribution >= 4 is 61.9 Å². The highest BCUT2D eigenvalue weighted by molar-refractivity contribution is 7.89. The monoisotopic (exact) mass is 874 g/mol. The summed E-state index contributed by atoms with van der Waals surface area (Å²) in [5, 5.41) is 9.92. The van der Waals surface area contributed by atoms with Crippen molar-refractivity contribution in [3.63, 3.8) is 0 Å². The van der Waals surface area contributed by atoms with Gasteiger partial charge in [0, 0.05) is 54.3 Å². The number of nitrogens with two attached hydrogens (primary N) is 1. The van der Waals surface area contributed by atoms with Crippen molar-refractivity contribution < 1.29 is 50.3 Å². The van der Waals surface area contributed by atoms with Crippen LogP contribution < -0.4 is 20.3 Å². The predicted molar refractivity (Wildman–Crippen MR) is 212 cm³/mol. The van der Waals surface area contributed by atoms with Crippen LogP contribution in [0.4, 0.5) is 13.2 Å². The van der Waals surface area contributed by atoms with E-state index in [2.05, 4.69) is 30.8 Å². The second-order valence-corrected chi connectivity index (χ2v) is 18.1. The fourth-order valence-electron chi connectivity index (χ4n) is 7.30. The van der Waals surface area contributed by atoms with Gasteiger partial charge in [-0.25, -0.2) is 13.4 Å². The van der Waals surface area contributed by atoms with E-state index in [-0.39, 0.29) is 39.4 Å². The number of halogens is 5. The molecule has 320 valence electrons. The lowest BCUT2D eigenvalue weighted by molar-refractivity contribution is -0.895. The Morgan fingerprint density at radius 3 is 2.21 bits per heavy atom. The van der Waals surface area contributed by atoms with Crippen LogP contribution in [0.3, 0.4) is 0 Å². The maximum atomic E-state index is 14.2. The average Bonchev–Trinajstić information content (AvgIpc) is 3.61. The zero-order valence-electron chi connectivity index (χ0n) is 33.3. The predicted octanol–water partition coefficient (Wildman–Crippen LogP) is 4.50. The lowest BCUT2D eigenvalue weighted by Crippen LogP contribution is -2.61. The Balaban J connectivity index is 0.000000973. The van der Waals surface area contributed by atoms with Crippen LogP contribution >= 0.6 is 23.2 Å². The number of aliphatic carboxylic acids is 1. The first-order valence-corrected chi connectivity index (χ1v) is 21.1. The summed E-state index contributed by atoms with van der Waals surface area (Å²) in [4.78, 5) is 44.2. The van der Waals surface area contributed by atoms with Crippen LogP contribution in [0, 0.1) is 13.8 Å². The molecule has 58 heavy (non-hydrogen) atoms. The number of rotatable bonds is 13. The zero-order valence-corrected chi connectivity index (χ0v) is 35.6. The number of fused-ring (bicyclic) bond motifs is 1. The number of sulfonamides is 1. The molecule has 3 N–H and O–H groups in total. The molecule has 2 heterocycles. The van der Waals surface area contributed by atoms with Crippen LogP contribution in [0.5, 0.6) is 5.75 Å². The van der Waals surface area contributed by atoms with Crippen LogP contribution in [0.2, 0.25) is 10.0 Å². The Kier molecular flexibility index (Phi) is 15.5. The van der Waals surface area contributed by atoms with Gasteiger partial charge in [0.1, 0.15) is 34.3 Å². The van der Waals surface area contributed by atoms with Gasteiger partial charge in [0.2, 0.25) is 21.8 Å². The minimum Gasteiger partial charge on any atom is -0.542 e. The first-order chi connectivity index (χ1) is 27.0. The molecule has 2 aliphatic rings. The maximum absolute atomic E-state index is 14.2. The number of hydrogen-bond acceptors (Lipinski definition) is 9. The van der Waals surface area contributed by atoms with Crippen molar-refractivity contribution in [2.45, 2.75) is 88.1 Å². The van der Waals surface area contributed by atoms with Crippen LogP contribution in [-0.4, -0.2) is 117 Å². The van der Waals surface area contributed by atoms with E-state index in [0.29, 0.717) is 86.1 Å². The Labute approximate surface area is 347 Å². The van der Waals surface area contributed by atoms with E-state index in [1.54, 1.807) is 11.0 Å². The molecule has 1 aliphatic heterocycles. The number of piperazine rings is 1. The van der Waals surface area contributed by atoms with Gasteiger partial charge < -0.3 is 34.7 Å². The Morgan fingerprint density at radius 2 is 1.64 bits per heavy atom. The molecule has 1 saturated carbocycles. The molecule has 2 amide bonds. The number of nitrogens with one attached hydrogen (secondary N) is 1. The Morgan fingerprint density at radius 1 is 1.03 bits per heavy atom. The van der Waals surface area contributed by atoms with Crippen molar-refractivity contribution in [2.24, 2.45) is 5.73 Å². The van der Waals surface area contributed by atoms with Crippen molar-refractivity contribution in [3.05, 3.63) is 63.3 Å². The molecule has 0 spiro atoms. The first-order valence-electron chi connectivity index (χ1n) is 18.9. The van der Waals surface area contributed by atoms with Gasteiger partial charge in [0.25, 0.3) is 0 Å². The van der Waals surface area contributed by atoms with E-state index in [1.165, 1.54) is 12.1 Å². The van der Waals surface area contributed by atoms with E-state index in [4.69, 9.17) is 43.6 Å². The molecule has 1 atom stereocenters. The summed E-state index contributed by atoms with van der Waals surface area (Å²) in [5.74, 6) is -2.69. The number of pyridine rings is 1. The van der Waals surface area contributed by atoms with Crippen LogP contribution in [0.15, 0.2) is 41.3 Å². The Hall–Kier alpha value is -3.74. The third-order valence-electron chi connectivity index (χ3n) is 10.5. The van der Waals surface area contributed by atoms with E-state index in [1.807, 2.05) is 36.9 Å². The number of carbonyl (C=O) groups excluding carboxylic acids is 3. The summed E-state index contributed by atoms with van der Waals surface area (Å²) in [6, 6.07) is 10.6. The molecule has 2 fully saturated rings. The highest BCUT2D eigenvalue weighted by Gasteiger charge is 2.47. The number of hydrogen-bond donors (Lipinski definition) is 2. The molecule has 1 saturated heterocycles. The van der Waals surface area contributed by atoms with E-state index in [9.17, 15) is 31.2 Å². The molecule has 13 nitrogen and oxygen atoms in total. The summed E-state index contributed by atoms with van der Waals surface area (Å²) in [7, 11) is 1.99. The lowest BCUT2D eigenvalue weighted by atomic mass is 9.96. The summed E-state index contributed by atoms with van der Waals surface area (Å²) in [6.07, 6.45) is -0.934. The number of benzene rings is 2. The third kappa shape index (κ3) is 11.5. The van der Waals surface area contributed by atoms with Crippen LogP contribution in [0.1, 0.15) is 61.8 Å². The molecule has 1 aliphatic carbocycles. The lowest BCUT2D eigenvalue weighted by Gasteiger charge is -2.41. The molecule has 19 heteroatoms. The second-order valence-electron chi connectivity index (χ2n) is 15.6. The normalized spacial score (nSPS) is 16.5. The van der Waals surface area contributed by atoms with Gasteiger partial charge in [-0.1, -0.05) is 48.2 Å². The SMILES string of the molecule is Cc1cc(C)c2cccc(OCc3c(Cl)ccc(S(=O)(=O)NC4(C(=O)N5CCN(C(=O)C[C@H](CCCN)[N+](C)(C)C)CC5)CCCC4)c3Cl)c2n1.O=C([O-])C(F)(F)F. The smallest absolute Gasteiger partial charge is 0.430 e. The fourth-order valence-corrected chi connectivity index (χ4v) is 9.60. The minimum absolute atomic E-state index is 0.0626. The number of carboxylic acids is 1. The number of aromatic nitrogens is 1. The van der Waals surface area contributed by atoms with Gasteiger partial charge >= 0.3 is 6.18 Å². The quantitative estimate of drug-likeness (QED) is 0.235. The zero-order chi connectivity index (χ0) is 43.2. The fraction of sp³-hybridized carbons (Fsp3) is 0.538. The number of carboxylic acid groups (broad SMARTS) is 1. The summed E-state index contributed by atoms with van der Waals surface area (Å²) in [6.45, 7) is 5.86. The standard InChI is InChI=1S/C37H51Cl2N6O5S.C2HF3O2/c1-25-22-26(2)41-35-28(25)11-8-12-31(35)50-24-29-30(38)13-14-32(34(29)39)51(48,49)42-37(15-6-7-16-37)36(47)44-20-18-43(19-21-44)33(46)23-27(10-9-17-40)45(3,4)5;3-2(4,5)1(6)7/h8,11-14,22,27,42H,6-7,9-10,15-21,23-24,40H2,1-5H3;(H,6,7)/q+1;/p-1/t27-;/m0./s1. The van der Waals surface area contributed by atoms with Gasteiger partial charge in [-0.05, 0) is 69.5 Å². The highest BCUT2D eigenvalue weighted by Crippen LogP contribution is 2.37. The van der Waals surface area contributed by atoms with Crippen molar-refractivity contribution in [1.29, 1.82) is 0 Å². The van der Waals surface area contributed by atoms with E-state index >= 15 is 0 Å². The molecular formula is C39H51Cl2F3N6O7S. The van der Waals surface area contributed by atoms with Crippen molar-refractivity contribution in [1.82, 2.24) is 19.5 Å². The average molecular weight is 876 g/mol. The highest BCUT2D eigenvalue weighted by atomic mass is 35.5. The molecule has 0 unspecified atom stereocenters. The summed E-state index contributed by atoms with van der Waals surface area (Å²) in [5.41, 5.74) is 7.34. The minimum atomic E-state index is -5.19. The van der Waals surface area contributed by atoms with Gasteiger partial charge in [0.15, 0.2) is 0 Å².